The van der Waals surface area contributed by atoms with Crippen LogP contribution in [-0.2, 0) is 28.7 Å². The molecule has 4 rings (SSSR count). The molecule has 0 saturated carbocycles. The summed E-state index contributed by atoms with van der Waals surface area (Å²) in [4.78, 5) is 9.33. The zero-order valence-electron chi connectivity index (χ0n) is 14.8. The van der Waals surface area contributed by atoms with Crippen LogP contribution in [0.3, 0.4) is 0 Å². The number of nitrogens with zero attached hydrogens (tertiary/aromatic N) is 3. The maximum atomic E-state index is 12.8. The van der Waals surface area contributed by atoms with Crippen molar-refractivity contribution in [1.29, 1.82) is 0 Å². The van der Waals surface area contributed by atoms with Crippen molar-refractivity contribution in [3.8, 4) is 0 Å². The average molecular weight is 372 g/mol. The predicted molar refractivity (Wildman–Crippen MR) is 100 cm³/mol. The topological polar surface area (TPSA) is 75.2 Å². The van der Waals surface area contributed by atoms with Gasteiger partial charge in [-0.05, 0) is 31.5 Å². The third-order valence-electron chi connectivity index (χ3n) is 5.21. The Hall–Kier alpha value is -1.83. The first-order chi connectivity index (χ1) is 12.6. The first-order valence-electron chi connectivity index (χ1n) is 9.19. The molecule has 26 heavy (non-hydrogen) atoms. The standard InChI is InChI=1S/C19H24N4O2S/c24-26(25,14-15-4-2-1-3-5-15)23-11-8-18-17(13-23)12-21-19(22-18)16-6-9-20-10-7-16/h1-5,12,16,20H,6-11,13-14H2. The Balaban J connectivity index is 1.49. The van der Waals surface area contributed by atoms with E-state index in [1.165, 1.54) is 0 Å². The average Bonchev–Trinajstić information content (AvgIpc) is 2.68. The molecule has 0 atom stereocenters. The molecule has 138 valence electrons. The van der Waals surface area contributed by atoms with Gasteiger partial charge < -0.3 is 5.32 Å². The molecule has 1 fully saturated rings. The second-order valence-corrected chi connectivity index (χ2v) is 9.02. The van der Waals surface area contributed by atoms with Crippen LogP contribution in [0.1, 0.15) is 41.4 Å². The maximum absolute atomic E-state index is 12.8. The fraction of sp³-hybridized carbons (Fsp3) is 0.474. The van der Waals surface area contributed by atoms with Gasteiger partial charge in [-0.2, -0.15) is 4.31 Å². The summed E-state index contributed by atoms with van der Waals surface area (Å²) in [5, 5.41) is 3.36. The number of sulfonamides is 1. The third kappa shape index (κ3) is 3.79. The molecule has 0 aliphatic carbocycles. The minimum absolute atomic E-state index is 0.0389. The van der Waals surface area contributed by atoms with Gasteiger partial charge in [0.25, 0.3) is 0 Å². The van der Waals surface area contributed by atoms with E-state index >= 15 is 0 Å². The van der Waals surface area contributed by atoms with E-state index in [2.05, 4.69) is 10.3 Å². The summed E-state index contributed by atoms with van der Waals surface area (Å²) >= 11 is 0. The lowest BCUT2D eigenvalue weighted by Gasteiger charge is -2.28. The molecule has 3 heterocycles. The van der Waals surface area contributed by atoms with E-state index in [-0.39, 0.29) is 5.75 Å². The molecule has 7 heteroatoms. The molecule has 0 spiro atoms. The SMILES string of the molecule is O=S(=O)(Cc1ccccc1)N1CCc2nc(C3CCNCC3)ncc2C1. The molecule has 1 saturated heterocycles. The van der Waals surface area contributed by atoms with Crippen molar-refractivity contribution in [2.45, 2.75) is 37.5 Å². The Labute approximate surface area is 154 Å². The maximum Gasteiger partial charge on any atom is 0.218 e. The van der Waals surface area contributed by atoms with E-state index in [1.54, 1.807) is 4.31 Å². The zero-order valence-corrected chi connectivity index (χ0v) is 15.6. The summed E-state index contributed by atoms with van der Waals surface area (Å²) in [7, 11) is -3.34. The molecule has 1 aromatic heterocycles. The van der Waals surface area contributed by atoms with Gasteiger partial charge in [-0.3, -0.25) is 0 Å². The van der Waals surface area contributed by atoms with Crippen LogP contribution in [0.4, 0.5) is 0 Å². The van der Waals surface area contributed by atoms with Crippen LogP contribution < -0.4 is 5.32 Å². The van der Waals surface area contributed by atoms with Crippen molar-refractivity contribution in [2.24, 2.45) is 0 Å². The van der Waals surface area contributed by atoms with Crippen LogP contribution in [0.2, 0.25) is 0 Å². The van der Waals surface area contributed by atoms with Crippen molar-refractivity contribution < 1.29 is 8.42 Å². The normalized spacial score (nSPS) is 19.2. The number of piperidine rings is 1. The summed E-state index contributed by atoms with van der Waals surface area (Å²) in [5.41, 5.74) is 2.76. The Morgan fingerprint density at radius 2 is 1.92 bits per heavy atom. The highest BCUT2D eigenvalue weighted by atomic mass is 32.2. The van der Waals surface area contributed by atoms with Gasteiger partial charge in [0.15, 0.2) is 0 Å². The van der Waals surface area contributed by atoms with E-state index in [0.717, 1.165) is 48.6 Å². The Bertz CT molecular complexity index is 864. The molecule has 2 aliphatic heterocycles. The lowest BCUT2D eigenvalue weighted by atomic mass is 9.96. The van der Waals surface area contributed by atoms with Crippen LogP contribution >= 0.6 is 0 Å². The first-order valence-corrected chi connectivity index (χ1v) is 10.8. The quantitative estimate of drug-likeness (QED) is 0.886. The molecule has 0 bridgehead atoms. The van der Waals surface area contributed by atoms with Gasteiger partial charge in [0, 0.05) is 42.9 Å². The smallest absolute Gasteiger partial charge is 0.218 e. The van der Waals surface area contributed by atoms with Crippen LogP contribution in [0.25, 0.3) is 0 Å². The van der Waals surface area contributed by atoms with Gasteiger partial charge in [0.05, 0.1) is 5.75 Å². The summed E-state index contributed by atoms with van der Waals surface area (Å²) in [5.74, 6) is 1.38. The molecule has 2 aliphatic rings. The second kappa shape index (κ2) is 7.42. The highest BCUT2D eigenvalue weighted by molar-refractivity contribution is 7.88. The lowest BCUT2D eigenvalue weighted by Crippen LogP contribution is -2.37. The number of rotatable bonds is 4. The molecule has 0 amide bonds. The summed E-state index contributed by atoms with van der Waals surface area (Å²) in [6.45, 7) is 2.88. The largest absolute Gasteiger partial charge is 0.317 e. The number of hydrogen-bond donors (Lipinski definition) is 1. The van der Waals surface area contributed by atoms with E-state index in [4.69, 9.17) is 4.98 Å². The summed E-state index contributed by atoms with van der Waals surface area (Å²) < 4.78 is 27.1. The lowest BCUT2D eigenvalue weighted by molar-refractivity contribution is 0.382. The fourth-order valence-electron chi connectivity index (χ4n) is 3.70. The molecule has 6 nitrogen and oxygen atoms in total. The molecule has 2 aromatic rings. The van der Waals surface area contributed by atoms with Crippen LogP contribution in [0.5, 0.6) is 0 Å². The number of aromatic nitrogens is 2. The second-order valence-electron chi connectivity index (χ2n) is 7.05. The van der Waals surface area contributed by atoms with Gasteiger partial charge >= 0.3 is 0 Å². The molecule has 0 unspecified atom stereocenters. The van der Waals surface area contributed by atoms with Gasteiger partial charge in [-0.1, -0.05) is 30.3 Å². The highest BCUT2D eigenvalue weighted by Crippen LogP contribution is 2.26. The monoisotopic (exact) mass is 372 g/mol. The van der Waals surface area contributed by atoms with Crippen LogP contribution in [-0.4, -0.2) is 42.3 Å². The summed E-state index contributed by atoms with van der Waals surface area (Å²) in [6.07, 6.45) is 4.63. The molecule has 0 radical (unpaired) electrons. The fourth-order valence-corrected chi connectivity index (χ4v) is 5.20. The molecule has 1 N–H and O–H groups in total. The first kappa shape index (κ1) is 17.6. The van der Waals surface area contributed by atoms with E-state index < -0.39 is 10.0 Å². The van der Waals surface area contributed by atoms with Crippen molar-refractivity contribution >= 4 is 10.0 Å². The highest BCUT2D eigenvalue weighted by Gasteiger charge is 2.29. The van der Waals surface area contributed by atoms with Crippen molar-refractivity contribution in [2.75, 3.05) is 19.6 Å². The molecule has 1 aromatic carbocycles. The number of benzene rings is 1. The van der Waals surface area contributed by atoms with Gasteiger partial charge in [-0.15, -0.1) is 0 Å². The predicted octanol–water partition coefficient (Wildman–Crippen LogP) is 1.83. The van der Waals surface area contributed by atoms with Crippen molar-refractivity contribution in [3.05, 3.63) is 59.2 Å². The Morgan fingerprint density at radius 3 is 2.69 bits per heavy atom. The van der Waals surface area contributed by atoms with Crippen molar-refractivity contribution in [1.82, 2.24) is 19.6 Å². The Morgan fingerprint density at radius 1 is 1.15 bits per heavy atom. The van der Waals surface area contributed by atoms with Gasteiger partial charge in [-0.25, -0.2) is 18.4 Å². The van der Waals surface area contributed by atoms with E-state index in [1.807, 2.05) is 36.5 Å². The number of nitrogens with one attached hydrogen (secondary N) is 1. The third-order valence-corrected chi connectivity index (χ3v) is 7.00. The van der Waals surface area contributed by atoms with Crippen molar-refractivity contribution in [3.63, 3.8) is 0 Å². The minimum Gasteiger partial charge on any atom is -0.317 e. The molecular weight excluding hydrogens is 348 g/mol. The van der Waals surface area contributed by atoms with E-state index in [0.29, 0.717) is 25.4 Å². The van der Waals surface area contributed by atoms with Crippen LogP contribution in [0, 0.1) is 0 Å². The van der Waals surface area contributed by atoms with Gasteiger partial charge in [0.2, 0.25) is 10.0 Å². The van der Waals surface area contributed by atoms with E-state index in [9.17, 15) is 8.42 Å². The van der Waals surface area contributed by atoms with Gasteiger partial charge in [0.1, 0.15) is 5.82 Å². The zero-order chi connectivity index (χ0) is 18.0. The number of fused-ring (bicyclic) bond motifs is 1. The van der Waals surface area contributed by atoms with Crippen LogP contribution in [0.15, 0.2) is 36.5 Å². The molecular formula is C19H24N4O2S. The summed E-state index contributed by atoms with van der Waals surface area (Å²) in [6, 6.07) is 9.33. The number of hydrogen-bond acceptors (Lipinski definition) is 5. The minimum atomic E-state index is -3.34. The Kier molecular flexibility index (Phi) is 5.02.